The van der Waals surface area contributed by atoms with Crippen LogP contribution in [0.4, 0.5) is 52.7 Å². The molecule has 0 radical (unpaired) electrons. The maximum absolute atomic E-state index is 14.3. The van der Waals surface area contributed by atoms with Crippen molar-refractivity contribution in [2.45, 2.75) is 43.0 Å². The number of rotatable bonds is 7. The Morgan fingerprint density at radius 1 is 1.04 bits per heavy atom. The average Bonchev–Trinajstić information content (AvgIpc) is 3.33. The van der Waals surface area contributed by atoms with E-state index in [-0.39, 0.29) is 26.4 Å². The largest absolute Gasteiger partial charge is 0.455 e. The SMILES string of the molecule is Cn1nc(OC(F)(F)C(F)=C(C(F)(F)F)C(F)(F)F)c(C(F)(F)F)c1-n1cc(-c2ccc(Cl)c(C(=O)NC3(C#N)CC3)c2)cn1. The van der Waals surface area contributed by atoms with Gasteiger partial charge in [-0.05, 0) is 30.5 Å². The summed E-state index contributed by atoms with van der Waals surface area (Å²) >= 11 is 6.08. The van der Waals surface area contributed by atoms with Crippen LogP contribution in [0.3, 0.4) is 0 Å². The highest BCUT2D eigenvalue weighted by atomic mass is 35.5. The molecule has 0 aliphatic heterocycles. The van der Waals surface area contributed by atoms with Crippen molar-refractivity contribution in [1.82, 2.24) is 24.9 Å². The van der Waals surface area contributed by atoms with Gasteiger partial charge in [0.1, 0.15) is 5.54 Å². The third kappa shape index (κ3) is 6.67. The van der Waals surface area contributed by atoms with Crippen molar-refractivity contribution < 1.29 is 62.2 Å². The first-order valence-corrected chi connectivity index (χ1v) is 12.2. The summed E-state index contributed by atoms with van der Waals surface area (Å²) in [6.45, 7) is 0. The van der Waals surface area contributed by atoms with E-state index in [0.717, 1.165) is 12.4 Å². The Morgan fingerprint density at radius 3 is 2.16 bits per heavy atom. The van der Waals surface area contributed by atoms with Crippen molar-refractivity contribution in [3.8, 4) is 28.9 Å². The van der Waals surface area contributed by atoms with Crippen molar-refractivity contribution in [3.05, 3.63) is 58.1 Å². The van der Waals surface area contributed by atoms with Gasteiger partial charge >= 0.3 is 24.6 Å². The predicted molar refractivity (Wildman–Crippen MR) is 127 cm³/mol. The Bertz CT molecular complexity index is 1710. The van der Waals surface area contributed by atoms with E-state index in [1.165, 1.54) is 18.2 Å². The molecule has 2 aromatic heterocycles. The molecule has 21 heteroatoms. The van der Waals surface area contributed by atoms with Gasteiger partial charge in [-0.1, -0.05) is 17.7 Å². The van der Waals surface area contributed by atoms with E-state index >= 15 is 0 Å². The Kier molecular flexibility index (Phi) is 8.10. The molecule has 242 valence electrons. The lowest BCUT2D eigenvalue weighted by atomic mass is 10.1. The molecule has 0 atom stereocenters. The quantitative estimate of drug-likeness (QED) is 0.270. The second kappa shape index (κ2) is 10.9. The average molecular weight is 681 g/mol. The molecule has 0 spiro atoms. The van der Waals surface area contributed by atoms with Gasteiger partial charge in [0.25, 0.3) is 11.8 Å². The molecule has 1 aromatic carbocycles. The number of nitrogens with zero attached hydrogens (tertiary/aromatic N) is 5. The molecule has 3 aromatic rings. The van der Waals surface area contributed by atoms with E-state index in [0.29, 0.717) is 24.6 Å². The number of allylic oxidation sites excluding steroid dienone is 1. The zero-order chi connectivity index (χ0) is 33.9. The summed E-state index contributed by atoms with van der Waals surface area (Å²) < 4.78 is 165. The number of carbonyl (C=O) groups excluding carboxylic acids is 1. The fraction of sp³-hybridized carbons (Fsp3) is 0.333. The lowest BCUT2D eigenvalue weighted by Crippen LogP contribution is -2.35. The fourth-order valence-corrected chi connectivity index (χ4v) is 4.14. The fourth-order valence-electron chi connectivity index (χ4n) is 3.94. The molecule has 0 saturated heterocycles. The van der Waals surface area contributed by atoms with Gasteiger partial charge in [-0.2, -0.15) is 58.7 Å². The molecule has 1 aliphatic rings. The van der Waals surface area contributed by atoms with E-state index in [9.17, 15) is 62.7 Å². The van der Waals surface area contributed by atoms with Crippen molar-refractivity contribution in [2.75, 3.05) is 0 Å². The maximum Gasteiger partial charge on any atom is 0.455 e. The predicted octanol–water partition coefficient (Wildman–Crippen LogP) is 7.05. The highest BCUT2D eigenvalue weighted by molar-refractivity contribution is 6.34. The van der Waals surface area contributed by atoms with Crippen LogP contribution in [-0.4, -0.2) is 49.5 Å². The molecule has 1 N–H and O–H groups in total. The Morgan fingerprint density at radius 2 is 1.64 bits per heavy atom. The van der Waals surface area contributed by atoms with Crippen molar-refractivity contribution in [3.63, 3.8) is 0 Å². The summed E-state index contributed by atoms with van der Waals surface area (Å²) in [5, 5.41) is 18.3. The van der Waals surface area contributed by atoms with Gasteiger partial charge in [0.15, 0.2) is 17.0 Å². The van der Waals surface area contributed by atoms with E-state index in [1.807, 2.05) is 6.07 Å². The Balaban J connectivity index is 1.75. The number of alkyl halides is 11. The maximum atomic E-state index is 14.3. The van der Waals surface area contributed by atoms with E-state index in [4.69, 9.17) is 11.6 Å². The normalized spacial score (nSPS) is 15.0. The molecular formula is C24H13ClF12N6O2. The second-order valence-corrected chi connectivity index (χ2v) is 9.85. The van der Waals surface area contributed by atoms with Crippen LogP contribution in [0.25, 0.3) is 16.9 Å². The number of halogens is 13. The van der Waals surface area contributed by atoms with Crippen LogP contribution >= 0.6 is 11.6 Å². The van der Waals surface area contributed by atoms with E-state index in [1.54, 1.807) is 0 Å². The number of nitriles is 1. The highest BCUT2D eigenvalue weighted by Gasteiger charge is 2.60. The zero-order valence-electron chi connectivity index (χ0n) is 21.8. The van der Waals surface area contributed by atoms with Crippen molar-refractivity contribution >= 4 is 17.5 Å². The molecule has 8 nitrogen and oxygen atoms in total. The van der Waals surface area contributed by atoms with Crippen LogP contribution in [0.2, 0.25) is 5.02 Å². The molecule has 2 heterocycles. The molecular weight excluding hydrogens is 668 g/mol. The molecule has 45 heavy (non-hydrogen) atoms. The molecule has 4 rings (SSSR count). The minimum Gasteiger partial charge on any atom is -0.407 e. The van der Waals surface area contributed by atoms with Gasteiger partial charge in [0.2, 0.25) is 5.83 Å². The van der Waals surface area contributed by atoms with Gasteiger partial charge in [0.05, 0.1) is 22.9 Å². The minimum absolute atomic E-state index is 0.0155. The number of benzene rings is 1. The summed E-state index contributed by atoms with van der Waals surface area (Å²) in [5.41, 5.74) is -7.71. The standard InChI is InChI=1S/C24H13ClF12N6O2/c1-42-19(14(21(27,28)29)18(41-42)45-24(36,37)16(26)15(22(30,31)32)23(33,34)35)43-8-11(7-39-43)10-2-3-13(25)12(6-10)17(44)40-20(9-38)4-5-20/h2-3,6-8H,4-5H2,1H3,(H,40,44). The van der Waals surface area contributed by atoms with Gasteiger partial charge in [-0.15, -0.1) is 5.10 Å². The smallest absolute Gasteiger partial charge is 0.407 e. The first-order valence-electron chi connectivity index (χ1n) is 11.8. The highest BCUT2D eigenvalue weighted by Crippen LogP contribution is 2.47. The minimum atomic E-state index is -6.74. The number of amides is 1. The third-order valence-electron chi connectivity index (χ3n) is 6.20. The van der Waals surface area contributed by atoms with Crippen molar-refractivity contribution in [2.24, 2.45) is 7.05 Å². The lowest BCUT2D eigenvalue weighted by Gasteiger charge is -2.21. The van der Waals surface area contributed by atoms with E-state index in [2.05, 4.69) is 20.3 Å². The van der Waals surface area contributed by atoms with Crippen LogP contribution in [0.5, 0.6) is 5.88 Å². The number of carbonyl (C=O) groups is 1. The summed E-state index contributed by atoms with van der Waals surface area (Å²) in [6, 6.07) is 5.69. The monoisotopic (exact) mass is 680 g/mol. The zero-order valence-corrected chi connectivity index (χ0v) is 22.5. The molecule has 1 amide bonds. The molecule has 0 unspecified atom stereocenters. The first kappa shape index (κ1) is 33.5. The van der Waals surface area contributed by atoms with Crippen LogP contribution in [0.15, 0.2) is 42.0 Å². The summed E-state index contributed by atoms with van der Waals surface area (Å²) in [4.78, 5) is 12.7. The van der Waals surface area contributed by atoms with Crippen molar-refractivity contribution in [1.29, 1.82) is 5.26 Å². The first-order chi connectivity index (χ1) is 20.5. The number of aryl methyl sites for hydroxylation is 1. The summed E-state index contributed by atoms with van der Waals surface area (Å²) in [6.07, 6.45) is -22.8. The molecule has 1 saturated carbocycles. The second-order valence-electron chi connectivity index (χ2n) is 9.44. The topological polar surface area (TPSA) is 97.8 Å². The van der Waals surface area contributed by atoms with Gasteiger partial charge in [-0.25, -0.2) is 13.8 Å². The van der Waals surface area contributed by atoms with Gasteiger partial charge in [0, 0.05) is 18.8 Å². The third-order valence-corrected chi connectivity index (χ3v) is 6.53. The molecule has 0 bridgehead atoms. The molecule has 1 fully saturated rings. The Labute approximate surface area is 247 Å². The van der Waals surface area contributed by atoms with Gasteiger partial charge < -0.3 is 10.1 Å². The van der Waals surface area contributed by atoms with E-state index < -0.39 is 64.7 Å². The summed E-state index contributed by atoms with van der Waals surface area (Å²) in [7, 11) is 0.702. The lowest BCUT2D eigenvalue weighted by molar-refractivity contribution is -0.200. The number of nitrogens with one attached hydrogen (secondary N) is 1. The van der Waals surface area contributed by atoms with Crippen LogP contribution < -0.4 is 10.1 Å². The summed E-state index contributed by atoms with van der Waals surface area (Å²) in [5.74, 6) is -8.51. The number of hydrogen-bond donors (Lipinski definition) is 1. The molecule has 1 aliphatic carbocycles. The van der Waals surface area contributed by atoms with Gasteiger partial charge in [-0.3, -0.25) is 4.79 Å². The number of hydrogen-bond acceptors (Lipinski definition) is 5. The van der Waals surface area contributed by atoms with Crippen LogP contribution in [-0.2, 0) is 13.2 Å². The number of aromatic nitrogens is 4. The van der Waals surface area contributed by atoms with Crippen LogP contribution in [0.1, 0.15) is 28.8 Å². The van der Waals surface area contributed by atoms with Crippen LogP contribution in [0, 0.1) is 11.3 Å². The Hall–Kier alpha value is -4.41. The number of ether oxygens (including phenoxy) is 1.